The number of aromatic nitrogens is 7. The van der Waals surface area contributed by atoms with Gasteiger partial charge < -0.3 is 10.6 Å². The quantitative estimate of drug-likeness (QED) is 0.249. The Bertz CT molecular complexity index is 1480. The topological polar surface area (TPSA) is 140 Å². The van der Waals surface area contributed by atoms with Gasteiger partial charge in [-0.25, -0.2) is 4.52 Å². The maximum absolute atomic E-state index is 12.4. The van der Waals surface area contributed by atoms with Crippen LogP contribution in [0.2, 0.25) is 0 Å². The first kappa shape index (κ1) is 25.1. The number of aryl methyl sites for hydroxylation is 2. The highest BCUT2D eigenvalue weighted by atomic mass is 32.1. The SMILES string of the molecule is O=C(Cc1ccccn1)Nc1ccc(CCCCc2nnc(NC(=O)Cc3cc4ccccn4n3)s2)nn1. The average molecular weight is 528 g/mol. The lowest BCUT2D eigenvalue weighted by Crippen LogP contribution is -2.16. The fraction of sp³-hybridized carbons (Fsp3) is 0.231. The second-order valence-corrected chi connectivity index (χ2v) is 9.66. The summed E-state index contributed by atoms with van der Waals surface area (Å²) in [6.45, 7) is 0. The van der Waals surface area contributed by atoms with Crippen molar-refractivity contribution in [2.75, 3.05) is 10.6 Å². The molecule has 5 aromatic heterocycles. The van der Waals surface area contributed by atoms with Crippen molar-refractivity contribution in [2.24, 2.45) is 0 Å². The summed E-state index contributed by atoms with van der Waals surface area (Å²) in [7, 11) is 0. The Labute approximate surface area is 222 Å². The summed E-state index contributed by atoms with van der Waals surface area (Å²) in [6, 6.07) is 16.7. The zero-order valence-corrected chi connectivity index (χ0v) is 21.3. The zero-order valence-electron chi connectivity index (χ0n) is 20.4. The highest BCUT2D eigenvalue weighted by Crippen LogP contribution is 2.18. The Morgan fingerprint density at radius 2 is 1.63 bits per heavy atom. The monoisotopic (exact) mass is 527 g/mol. The number of fused-ring (bicyclic) bond motifs is 1. The van der Waals surface area contributed by atoms with Gasteiger partial charge in [0, 0.05) is 24.5 Å². The van der Waals surface area contributed by atoms with Crippen LogP contribution in [0.3, 0.4) is 0 Å². The molecule has 0 unspecified atom stereocenters. The van der Waals surface area contributed by atoms with Crippen molar-refractivity contribution < 1.29 is 9.59 Å². The van der Waals surface area contributed by atoms with Gasteiger partial charge in [0.15, 0.2) is 5.82 Å². The first-order valence-electron chi connectivity index (χ1n) is 12.2. The van der Waals surface area contributed by atoms with Crippen molar-refractivity contribution in [3.05, 3.63) is 89.1 Å². The van der Waals surface area contributed by atoms with Crippen LogP contribution in [0.25, 0.3) is 5.52 Å². The lowest BCUT2D eigenvalue weighted by Gasteiger charge is -2.04. The molecule has 0 radical (unpaired) electrons. The number of amides is 2. The van der Waals surface area contributed by atoms with Crippen LogP contribution in [-0.2, 0) is 35.3 Å². The number of carbonyl (C=O) groups is 2. The maximum Gasteiger partial charge on any atom is 0.232 e. The summed E-state index contributed by atoms with van der Waals surface area (Å²) in [4.78, 5) is 28.7. The second kappa shape index (κ2) is 12.1. The molecule has 0 bridgehead atoms. The number of nitrogens with zero attached hydrogens (tertiary/aromatic N) is 7. The number of pyridine rings is 2. The summed E-state index contributed by atoms with van der Waals surface area (Å²) in [6.07, 6.45) is 7.17. The van der Waals surface area contributed by atoms with Crippen LogP contribution in [0, 0.1) is 0 Å². The minimum atomic E-state index is -0.187. The lowest BCUT2D eigenvalue weighted by molar-refractivity contribution is -0.116. The maximum atomic E-state index is 12.4. The van der Waals surface area contributed by atoms with E-state index in [1.807, 2.05) is 48.7 Å². The second-order valence-electron chi connectivity index (χ2n) is 8.59. The predicted molar refractivity (Wildman–Crippen MR) is 143 cm³/mol. The summed E-state index contributed by atoms with van der Waals surface area (Å²) in [5, 5.41) is 27.9. The largest absolute Gasteiger partial charge is 0.309 e. The first-order chi connectivity index (χ1) is 18.6. The third-order valence-electron chi connectivity index (χ3n) is 5.60. The summed E-state index contributed by atoms with van der Waals surface area (Å²) in [5.74, 6) is 0.0546. The minimum absolute atomic E-state index is 0.171. The van der Waals surface area contributed by atoms with Crippen LogP contribution in [0.1, 0.15) is 34.9 Å². The third-order valence-corrected chi connectivity index (χ3v) is 6.50. The molecule has 12 heteroatoms. The Morgan fingerprint density at radius 1 is 0.789 bits per heavy atom. The van der Waals surface area contributed by atoms with E-state index in [-0.39, 0.29) is 24.7 Å². The van der Waals surface area contributed by atoms with Gasteiger partial charge in [-0.05, 0) is 61.7 Å². The molecule has 5 rings (SSSR count). The van der Waals surface area contributed by atoms with Crippen molar-refractivity contribution >= 4 is 39.6 Å². The highest BCUT2D eigenvalue weighted by Gasteiger charge is 2.12. The summed E-state index contributed by atoms with van der Waals surface area (Å²) in [5.41, 5.74) is 3.19. The van der Waals surface area contributed by atoms with Crippen molar-refractivity contribution in [1.29, 1.82) is 0 Å². The molecule has 0 spiro atoms. The van der Waals surface area contributed by atoms with E-state index in [0.717, 1.165) is 41.9 Å². The Balaban J connectivity index is 1.01. The fourth-order valence-electron chi connectivity index (χ4n) is 3.81. The summed E-state index contributed by atoms with van der Waals surface area (Å²) >= 11 is 1.38. The van der Waals surface area contributed by atoms with Crippen LogP contribution >= 0.6 is 11.3 Å². The lowest BCUT2D eigenvalue weighted by atomic mass is 10.1. The van der Waals surface area contributed by atoms with E-state index < -0.39 is 0 Å². The molecule has 5 heterocycles. The molecule has 192 valence electrons. The van der Waals surface area contributed by atoms with Crippen LogP contribution in [0.5, 0.6) is 0 Å². The van der Waals surface area contributed by atoms with Crippen molar-refractivity contribution in [3.8, 4) is 0 Å². The Kier molecular flexibility index (Phi) is 7.99. The van der Waals surface area contributed by atoms with Gasteiger partial charge >= 0.3 is 0 Å². The summed E-state index contributed by atoms with van der Waals surface area (Å²) < 4.78 is 1.74. The number of carbonyl (C=O) groups excluding carboxylic acids is 2. The third kappa shape index (κ3) is 7.01. The molecule has 0 aliphatic rings. The number of hydrogen-bond donors (Lipinski definition) is 2. The number of anilines is 2. The molecular formula is C26H25N9O2S. The fourth-order valence-corrected chi connectivity index (χ4v) is 4.60. The molecule has 5 aromatic rings. The van der Waals surface area contributed by atoms with Gasteiger partial charge in [-0.2, -0.15) is 10.2 Å². The van der Waals surface area contributed by atoms with Crippen LogP contribution in [0.15, 0.2) is 67.0 Å². The van der Waals surface area contributed by atoms with Gasteiger partial charge in [0.1, 0.15) is 5.01 Å². The van der Waals surface area contributed by atoms with E-state index in [0.29, 0.717) is 22.3 Å². The van der Waals surface area contributed by atoms with E-state index in [4.69, 9.17) is 0 Å². The van der Waals surface area contributed by atoms with E-state index in [2.05, 4.69) is 41.1 Å². The molecule has 0 saturated carbocycles. The van der Waals surface area contributed by atoms with E-state index in [1.165, 1.54) is 11.3 Å². The molecule has 0 fully saturated rings. The molecule has 0 aromatic carbocycles. The van der Waals surface area contributed by atoms with Crippen LogP contribution in [-0.4, -0.2) is 46.8 Å². The van der Waals surface area contributed by atoms with Gasteiger partial charge in [-0.15, -0.1) is 15.3 Å². The molecule has 2 N–H and O–H groups in total. The van der Waals surface area contributed by atoms with Crippen molar-refractivity contribution in [1.82, 2.24) is 35.0 Å². The molecular weight excluding hydrogens is 502 g/mol. The number of hydrogen-bond acceptors (Lipinski definition) is 9. The highest BCUT2D eigenvalue weighted by molar-refractivity contribution is 7.15. The van der Waals surface area contributed by atoms with Crippen molar-refractivity contribution in [2.45, 2.75) is 38.5 Å². The van der Waals surface area contributed by atoms with E-state index in [9.17, 15) is 9.59 Å². The van der Waals surface area contributed by atoms with Crippen LogP contribution in [0.4, 0.5) is 10.9 Å². The number of nitrogens with one attached hydrogen (secondary N) is 2. The smallest absolute Gasteiger partial charge is 0.232 e. The normalized spacial score (nSPS) is 10.9. The van der Waals surface area contributed by atoms with E-state index >= 15 is 0 Å². The Hall–Kier alpha value is -4.58. The van der Waals surface area contributed by atoms with E-state index in [1.54, 1.807) is 22.8 Å². The predicted octanol–water partition coefficient (Wildman–Crippen LogP) is 3.30. The minimum Gasteiger partial charge on any atom is -0.309 e. The zero-order chi connectivity index (χ0) is 26.2. The molecule has 0 atom stereocenters. The molecule has 0 aliphatic heterocycles. The van der Waals surface area contributed by atoms with Gasteiger partial charge in [-0.3, -0.25) is 14.6 Å². The van der Waals surface area contributed by atoms with Gasteiger partial charge in [0.25, 0.3) is 0 Å². The standard InChI is InChI=1S/C26H25N9O2S/c36-23(16-19-8-3-5-13-27-19)28-22-12-11-18(30-31-22)7-1-2-10-25-32-33-26(38-25)29-24(37)17-20-15-21-9-4-6-14-35(21)34-20/h3-6,8-9,11-15H,1-2,7,10,16-17H2,(H,28,31,36)(H,29,33,37). The van der Waals surface area contributed by atoms with Gasteiger partial charge in [0.05, 0.1) is 29.7 Å². The van der Waals surface area contributed by atoms with Gasteiger partial charge in [-0.1, -0.05) is 23.5 Å². The Morgan fingerprint density at radius 3 is 2.45 bits per heavy atom. The molecule has 38 heavy (non-hydrogen) atoms. The van der Waals surface area contributed by atoms with Crippen molar-refractivity contribution in [3.63, 3.8) is 0 Å². The number of rotatable bonds is 11. The molecule has 2 amide bonds. The van der Waals surface area contributed by atoms with Crippen LogP contribution < -0.4 is 10.6 Å². The molecule has 0 aliphatic carbocycles. The molecule has 0 saturated heterocycles. The average Bonchev–Trinajstić information content (AvgIpc) is 3.54. The van der Waals surface area contributed by atoms with Gasteiger partial charge in [0.2, 0.25) is 16.9 Å². The molecule has 11 nitrogen and oxygen atoms in total. The number of unbranched alkanes of at least 4 members (excludes halogenated alkanes) is 1. The first-order valence-corrected chi connectivity index (χ1v) is 13.0.